The molecule has 0 radical (unpaired) electrons. The lowest BCUT2D eigenvalue weighted by molar-refractivity contribution is -0.133. The number of hydrogen-bond acceptors (Lipinski definition) is 3. The molecule has 0 aromatic heterocycles. The third kappa shape index (κ3) is 4.05. The smallest absolute Gasteiger partial charge is 0.224 e. The highest BCUT2D eigenvalue weighted by Gasteiger charge is 2.40. The van der Waals surface area contributed by atoms with Crippen LogP contribution >= 0.6 is 0 Å². The molecule has 0 bridgehead atoms. The fraction of sp³-hybridized carbons (Fsp3) is 0.591. The van der Waals surface area contributed by atoms with Crippen molar-refractivity contribution in [1.29, 1.82) is 0 Å². The molecule has 1 aliphatic heterocycles. The lowest BCUT2D eigenvalue weighted by atomic mass is 9.89. The Bertz CT molecular complexity index is 791. The van der Waals surface area contributed by atoms with Crippen LogP contribution in [0.2, 0.25) is 0 Å². The first-order valence-electron chi connectivity index (χ1n) is 10.4. The molecule has 0 spiro atoms. The summed E-state index contributed by atoms with van der Waals surface area (Å²) in [5.74, 6) is 0.874. The molecule has 2 fully saturated rings. The number of amides is 3. The molecule has 1 heterocycles. The second-order valence-corrected chi connectivity index (χ2v) is 8.54. The van der Waals surface area contributed by atoms with Crippen molar-refractivity contribution in [1.82, 2.24) is 10.2 Å². The second-order valence-electron chi connectivity index (χ2n) is 8.54. The molecule has 1 saturated heterocycles. The first kappa shape index (κ1) is 19.0. The maximum absolute atomic E-state index is 12.6. The van der Waals surface area contributed by atoms with Crippen molar-refractivity contribution in [3.8, 4) is 0 Å². The normalized spacial score (nSPS) is 25.6. The number of benzene rings is 1. The van der Waals surface area contributed by atoms with Crippen LogP contribution in [0.15, 0.2) is 18.2 Å². The van der Waals surface area contributed by atoms with Crippen molar-refractivity contribution in [2.75, 3.05) is 18.9 Å². The topological polar surface area (TPSA) is 78.5 Å². The van der Waals surface area contributed by atoms with Gasteiger partial charge in [-0.2, -0.15) is 0 Å². The Morgan fingerprint density at radius 2 is 1.93 bits per heavy atom. The van der Waals surface area contributed by atoms with Gasteiger partial charge in [-0.05, 0) is 67.2 Å². The van der Waals surface area contributed by atoms with Gasteiger partial charge >= 0.3 is 0 Å². The van der Waals surface area contributed by atoms with Gasteiger partial charge < -0.3 is 15.5 Å². The first-order chi connectivity index (χ1) is 13.5. The number of aryl methyl sites for hydroxylation is 2. The Hall–Kier alpha value is -2.37. The lowest BCUT2D eigenvalue weighted by Crippen LogP contribution is -2.38. The van der Waals surface area contributed by atoms with E-state index in [0.717, 1.165) is 37.9 Å². The van der Waals surface area contributed by atoms with Gasteiger partial charge in [0, 0.05) is 44.6 Å². The van der Waals surface area contributed by atoms with Crippen LogP contribution in [0, 0.1) is 11.8 Å². The molecule has 28 heavy (non-hydrogen) atoms. The van der Waals surface area contributed by atoms with Crippen LogP contribution in [0.5, 0.6) is 0 Å². The zero-order valence-corrected chi connectivity index (χ0v) is 16.5. The highest BCUT2D eigenvalue weighted by molar-refractivity contribution is 5.93. The molecular formula is C22H29N3O3. The van der Waals surface area contributed by atoms with Crippen LogP contribution in [0.3, 0.4) is 0 Å². The van der Waals surface area contributed by atoms with E-state index in [-0.39, 0.29) is 36.6 Å². The predicted octanol–water partition coefficient (Wildman–Crippen LogP) is 2.27. The van der Waals surface area contributed by atoms with Gasteiger partial charge in [0.2, 0.25) is 17.7 Å². The summed E-state index contributed by atoms with van der Waals surface area (Å²) in [7, 11) is 1.83. The number of piperidine rings is 1. The molecule has 150 valence electrons. The molecule has 6 nitrogen and oxygen atoms in total. The number of rotatable bonds is 5. The molecular weight excluding hydrogens is 354 g/mol. The van der Waals surface area contributed by atoms with Crippen molar-refractivity contribution in [3.05, 3.63) is 29.3 Å². The van der Waals surface area contributed by atoms with Crippen LogP contribution in [-0.2, 0) is 27.2 Å². The molecule has 3 atom stereocenters. The molecule has 1 aromatic rings. The first-order valence-corrected chi connectivity index (χ1v) is 10.4. The number of carbonyl (C=O) groups excluding carboxylic acids is 3. The fourth-order valence-electron chi connectivity index (χ4n) is 5.03. The maximum Gasteiger partial charge on any atom is 0.224 e. The second kappa shape index (κ2) is 7.94. The van der Waals surface area contributed by atoms with E-state index in [9.17, 15) is 14.4 Å². The average molecular weight is 383 g/mol. The zero-order valence-electron chi connectivity index (χ0n) is 16.5. The lowest BCUT2D eigenvalue weighted by Gasteiger charge is -2.24. The Morgan fingerprint density at radius 1 is 1.14 bits per heavy atom. The summed E-state index contributed by atoms with van der Waals surface area (Å²) in [6.07, 6.45) is 6.20. The van der Waals surface area contributed by atoms with Gasteiger partial charge in [0.1, 0.15) is 0 Å². The number of carbonyl (C=O) groups is 3. The van der Waals surface area contributed by atoms with E-state index in [1.807, 2.05) is 13.1 Å². The van der Waals surface area contributed by atoms with E-state index in [0.29, 0.717) is 18.3 Å². The van der Waals surface area contributed by atoms with Crippen molar-refractivity contribution in [2.24, 2.45) is 11.8 Å². The third-order valence-electron chi connectivity index (χ3n) is 6.71. The van der Waals surface area contributed by atoms with E-state index in [1.54, 1.807) is 4.90 Å². The Morgan fingerprint density at radius 3 is 2.79 bits per heavy atom. The van der Waals surface area contributed by atoms with Crippen molar-refractivity contribution >= 4 is 23.4 Å². The standard InChI is InChI=1S/C22H29N3O3/c1-25(19-10-16-12-21(27)23-13-17(16)11-19)22(28)8-7-20(26)24-18-6-5-14-3-2-4-15(14)9-18/h5-6,9,16-17,19H,2-4,7-8,10-13H2,1H3,(H,23,27)(H,24,26)/t16-,17+,19-/m1/s1. The van der Waals surface area contributed by atoms with Gasteiger partial charge in [0.25, 0.3) is 0 Å². The molecule has 3 amide bonds. The van der Waals surface area contributed by atoms with Gasteiger partial charge in [-0.15, -0.1) is 0 Å². The van der Waals surface area contributed by atoms with Crippen molar-refractivity contribution < 1.29 is 14.4 Å². The van der Waals surface area contributed by atoms with Gasteiger partial charge in [-0.25, -0.2) is 0 Å². The van der Waals surface area contributed by atoms with Gasteiger partial charge in [0.15, 0.2) is 0 Å². The minimum Gasteiger partial charge on any atom is -0.356 e. The summed E-state index contributed by atoms with van der Waals surface area (Å²) in [5.41, 5.74) is 3.52. The number of nitrogens with zero attached hydrogens (tertiary/aromatic N) is 1. The molecule has 3 aliphatic rings. The van der Waals surface area contributed by atoms with Gasteiger partial charge in [0.05, 0.1) is 0 Å². The Labute approximate surface area is 166 Å². The number of nitrogens with one attached hydrogen (secondary N) is 2. The molecule has 2 aliphatic carbocycles. The van der Waals surface area contributed by atoms with E-state index in [1.165, 1.54) is 17.5 Å². The van der Waals surface area contributed by atoms with E-state index in [2.05, 4.69) is 22.8 Å². The highest BCUT2D eigenvalue weighted by atomic mass is 16.2. The van der Waals surface area contributed by atoms with Crippen LogP contribution in [0.1, 0.15) is 49.7 Å². The summed E-state index contributed by atoms with van der Waals surface area (Å²) >= 11 is 0. The summed E-state index contributed by atoms with van der Waals surface area (Å²) in [6.45, 7) is 0.727. The minimum atomic E-state index is -0.116. The monoisotopic (exact) mass is 383 g/mol. The summed E-state index contributed by atoms with van der Waals surface area (Å²) in [5, 5.41) is 5.85. The highest BCUT2D eigenvalue weighted by Crippen LogP contribution is 2.38. The largest absolute Gasteiger partial charge is 0.356 e. The summed E-state index contributed by atoms with van der Waals surface area (Å²) < 4.78 is 0. The number of hydrogen-bond donors (Lipinski definition) is 2. The summed E-state index contributed by atoms with van der Waals surface area (Å²) in [4.78, 5) is 38.2. The van der Waals surface area contributed by atoms with E-state index < -0.39 is 0 Å². The van der Waals surface area contributed by atoms with E-state index in [4.69, 9.17) is 0 Å². The zero-order chi connectivity index (χ0) is 19.7. The number of fused-ring (bicyclic) bond motifs is 2. The van der Waals surface area contributed by atoms with Crippen LogP contribution in [-0.4, -0.2) is 42.3 Å². The minimum absolute atomic E-state index is 0.00651. The van der Waals surface area contributed by atoms with E-state index >= 15 is 0 Å². The van der Waals surface area contributed by atoms with Crippen molar-refractivity contribution in [2.45, 2.75) is 57.4 Å². The Balaban J connectivity index is 1.24. The van der Waals surface area contributed by atoms with Crippen molar-refractivity contribution in [3.63, 3.8) is 0 Å². The third-order valence-corrected chi connectivity index (χ3v) is 6.71. The van der Waals surface area contributed by atoms with Gasteiger partial charge in [-0.3, -0.25) is 14.4 Å². The molecule has 2 N–H and O–H groups in total. The molecule has 0 unspecified atom stereocenters. The molecule has 4 rings (SSSR count). The quantitative estimate of drug-likeness (QED) is 0.819. The Kier molecular flexibility index (Phi) is 5.38. The maximum atomic E-state index is 12.6. The van der Waals surface area contributed by atoms with Crippen LogP contribution in [0.4, 0.5) is 5.69 Å². The van der Waals surface area contributed by atoms with Crippen LogP contribution < -0.4 is 10.6 Å². The number of anilines is 1. The van der Waals surface area contributed by atoms with Gasteiger partial charge in [-0.1, -0.05) is 6.07 Å². The fourth-order valence-corrected chi connectivity index (χ4v) is 5.03. The average Bonchev–Trinajstić information content (AvgIpc) is 3.31. The molecule has 1 aromatic carbocycles. The van der Waals surface area contributed by atoms with Crippen LogP contribution in [0.25, 0.3) is 0 Å². The molecule has 1 saturated carbocycles. The SMILES string of the molecule is CN(C(=O)CCC(=O)Nc1ccc2c(c1)CCC2)[C@H]1C[C@H]2CNC(=O)C[C@H]2C1. The summed E-state index contributed by atoms with van der Waals surface area (Å²) in [6, 6.07) is 6.28. The predicted molar refractivity (Wildman–Crippen MR) is 107 cm³/mol. The molecule has 6 heteroatoms.